The molecule has 0 aromatic heterocycles. The van der Waals surface area contributed by atoms with Gasteiger partial charge in [0.1, 0.15) is 5.82 Å². The maximum atomic E-state index is 13.2. The van der Waals surface area contributed by atoms with Crippen molar-refractivity contribution in [2.45, 2.75) is 32.1 Å². The topological polar surface area (TPSA) is 69.6 Å². The van der Waals surface area contributed by atoms with Gasteiger partial charge in [0.05, 0.1) is 5.92 Å². The smallest absolute Gasteiger partial charge is 0.317 e. The van der Waals surface area contributed by atoms with Gasteiger partial charge in [-0.1, -0.05) is 31.5 Å². The summed E-state index contributed by atoms with van der Waals surface area (Å²) in [7, 11) is 0. The van der Waals surface area contributed by atoms with Crippen LogP contribution in [-0.2, 0) is 10.2 Å². The second kappa shape index (κ2) is 7.38. The molecule has 7 heteroatoms. The number of carbonyl (C=O) groups excluding carboxylic acids is 1. The first kappa shape index (κ1) is 18.5. The lowest BCUT2D eigenvalue weighted by Crippen LogP contribution is -2.49. The number of carboxylic acid groups (broad SMARTS) is 1. The molecule has 0 aliphatic carbocycles. The summed E-state index contributed by atoms with van der Waals surface area (Å²) in [6.45, 7) is 4.89. The maximum absolute atomic E-state index is 13.2. The molecule has 2 N–H and O–H groups in total. The second-order valence-electron chi connectivity index (χ2n) is 6.79. The first-order valence-electron chi connectivity index (χ1n) is 7.92. The first-order chi connectivity index (χ1) is 11.2. The van der Waals surface area contributed by atoms with Crippen LogP contribution in [0.5, 0.6) is 0 Å². The fraction of sp³-hybridized carbons (Fsp3) is 0.529. The molecular weight excluding hydrogens is 335 g/mol. The Morgan fingerprint density at radius 3 is 2.79 bits per heavy atom. The van der Waals surface area contributed by atoms with Gasteiger partial charge in [-0.25, -0.2) is 9.18 Å². The molecule has 0 spiro atoms. The molecule has 0 bridgehead atoms. The number of carbonyl (C=O) groups is 2. The summed E-state index contributed by atoms with van der Waals surface area (Å²) in [5, 5.41) is 12.2. The van der Waals surface area contributed by atoms with Crippen molar-refractivity contribution in [2.24, 2.45) is 5.92 Å². The minimum atomic E-state index is -0.870. The molecule has 5 nitrogen and oxygen atoms in total. The fourth-order valence-electron chi connectivity index (χ4n) is 2.91. The molecule has 1 aliphatic heterocycles. The number of hydrogen-bond acceptors (Lipinski definition) is 2. The number of piperidine rings is 1. The van der Waals surface area contributed by atoms with E-state index in [4.69, 9.17) is 16.7 Å². The van der Waals surface area contributed by atoms with Crippen LogP contribution in [0.15, 0.2) is 18.2 Å². The monoisotopic (exact) mass is 356 g/mol. The Bertz CT molecular complexity index is 636. The molecule has 132 valence electrons. The lowest BCUT2D eigenvalue weighted by molar-refractivity contribution is -0.143. The van der Waals surface area contributed by atoms with E-state index in [0.29, 0.717) is 31.0 Å². The summed E-state index contributed by atoms with van der Waals surface area (Å²) in [6, 6.07) is 3.92. The lowest BCUT2D eigenvalue weighted by atomic mass is 9.84. The van der Waals surface area contributed by atoms with Crippen LogP contribution in [0.2, 0.25) is 5.02 Å². The van der Waals surface area contributed by atoms with Crippen LogP contribution in [0, 0.1) is 11.7 Å². The van der Waals surface area contributed by atoms with Crippen LogP contribution in [0.25, 0.3) is 0 Å². The highest BCUT2D eigenvalue weighted by atomic mass is 35.5. The van der Waals surface area contributed by atoms with E-state index < -0.39 is 23.1 Å². The summed E-state index contributed by atoms with van der Waals surface area (Å²) in [4.78, 5) is 24.9. The highest BCUT2D eigenvalue weighted by molar-refractivity contribution is 6.31. The predicted octanol–water partition coefficient (Wildman–Crippen LogP) is 3.26. The summed E-state index contributed by atoms with van der Waals surface area (Å²) >= 11 is 6.10. The molecule has 1 aliphatic rings. The lowest BCUT2D eigenvalue weighted by Gasteiger charge is -2.33. The fourth-order valence-corrected chi connectivity index (χ4v) is 3.33. The molecule has 2 amide bonds. The van der Waals surface area contributed by atoms with Gasteiger partial charge in [0, 0.05) is 30.1 Å². The third-order valence-electron chi connectivity index (χ3n) is 4.40. The molecular formula is C17H22ClFN2O3. The number of carboxylic acids is 1. The normalized spacial score (nSPS) is 18.3. The zero-order valence-corrected chi connectivity index (χ0v) is 14.6. The van der Waals surface area contributed by atoms with Gasteiger partial charge < -0.3 is 15.3 Å². The first-order valence-corrected chi connectivity index (χ1v) is 8.29. The number of benzene rings is 1. The van der Waals surface area contributed by atoms with Gasteiger partial charge in [-0.3, -0.25) is 4.79 Å². The van der Waals surface area contributed by atoms with Crippen LogP contribution < -0.4 is 5.32 Å². The molecule has 1 unspecified atom stereocenters. The van der Waals surface area contributed by atoms with E-state index in [1.165, 1.54) is 17.0 Å². The molecule has 24 heavy (non-hydrogen) atoms. The van der Waals surface area contributed by atoms with Gasteiger partial charge in [0.2, 0.25) is 0 Å². The highest BCUT2D eigenvalue weighted by Gasteiger charge is 2.30. The van der Waals surface area contributed by atoms with Crippen LogP contribution in [0.1, 0.15) is 32.3 Å². The van der Waals surface area contributed by atoms with Gasteiger partial charge in [-0.15, -0.1) is 0 Å². The highest BCUT2D eigenvalue weighted by Crippen LogP contribution is 2.30. The zero-order chi connectivity index (χ0) is 17.9. The molecule has 1 saturated heterocycles. The van der Waals surface area contributed by atoms with E-state index in [0.717, 1.165) is 5.56 Å². The van der Waals surface area contributed by atoms with Crippen molar-refractivity contribution in [3.8, 4) is 0 Å². The third-order valence-corrected chi connectivity index (χ3v) is 4.71. The largest absolute Gasteiger partial charge is 0.481 e. The Morgan fingerprint density at radius 1 is 1.46 bits per heavy atom. The second-order valence-corrected chi connectivity index (χ2v) is 7.20. The average molecular weight is 357 g/mol. The number of hydrogen-bond donors (Lipinski definition) is 2. The van der Waals surface area contributed by atoms with Gasteiger partial charge in [-0.05, 0) is 30.5 Å². The standard InChI is InChI=1S/C17H22ClFN2O3/c1-17(2,13-6-5-12(19)8-14(13)18)10-20-16(24)21-7-3-4-11(9-21)15(22)23/h5-6,8,11H,3-4,7,9-10H2,1-2H3,(H,20,24)(H,22,23). The van der Waals surface area contributed by atoms with E-state index >= 15 is 0 Å². The van der Waals surface area contributed by atoms with E-state index in [9.17, 15) is 14.0 Å². The van der Waals surface area contributed by atoms with E-state index in [1.54, 1.807) is 6.07 Å². The number of aliphatic carboxylic acids is 1. The zero-order valence-electron chi connectivity index (χ0n) is 13.8. The van der Waals surface area contributed by atoms with Crippen molar-refractivity contribution in [3.63, 3.8) is 0 Å². The summed E-state index contributed by atoms with van der Waals surface area (Å²) < 4.78 is 13.2. The number of urea groups is 1. The number of rotatable bonds is 4. The minimum Gasteiger partial charge on any atom is -0.481 e. The van der Waals surface area contributed by atoms with E-state index in [1.807, 2.05) is 13.8 Å². The maximum Gasteiger partial charge on any atom is 0.317 e. The SMILES string of the molecule is CC(C)(CNC(=O)N1CCCC(C(=O)O)C1)c1ccc(F)cc1Cl. The predicted molar refractivity (Wildman–Crippen MR) is 89.8 cm³/mol. The van der Waals surface area contributed by atoms with Gasteiger partial charge in [-0.2, -0.15) is 0 Å². The van der Waals surface area contributed by atoms with Crippen molar-refractivity contribution in [3.05, 3.63) is 34.6 Å². The Kier molecular flexibility index (Phi) is 5.70. The van der Waals surface area contributed by atoms with Crippen molar-refractivity contribution < 1.29 is 19.1 Å². The summed E-state index contributed by atoms with van der Waals surface area (Å²) in [5.74, 6) is -1.79. The Labute approximate surface area is 145 Å². The van der Waals surface area contributed by atoms with Gasteiger partial charge >= 0.3 is 12.0 Å². The Hall–Kier alpha value is -1.82. The molecule has 1 aromatic rings. The van der Waals surface area contributed by atoms with E-state index in [2.05, 4.69) is 5.32 Å². The third kappa shape index (κ3) is 4.38. The Morgan fingerprint density at radius 2 is 2.17 bits per heavy atom. The molecule has 2 rings (SSSR count). The van der Waals surface area contributed by atoms with Crippen molar-refractivity contribution >= 4 is 23.6 Å². The van der Waals surface area contributed by atoms with Crippen LogP contribution >= 0.6 is 11.6 Å². The molecule has 1 heterocycles. The van der Waals surface area contributed by atoms with Crippen molar-refractivity contribution in [1.82, 2.24) is 10.2 Å². The molecule has 0 saturated carbocycles. The van der Waals surface area contributed by atoms with Crippen molar-refractivity contribution in [1.29, 1.82) is 0 Å². The van der Waals surface area contributed by atoms with Crippen molar-refractivity contribution in [2.75, 3.05) is 19.6 Å². The van der Waals surface area contributed by atoms with Gasteiger partial charge in [0.25, 0.3) is 0 Å². The number of likely N-dealkylation sites (tertiary alicyclic amines) is 1. The quantitative estimate of drug-likeness (QED) is 0.870. The summed E-state index contributed by atoms with van der Waals surface area (Å²) in [6.07, 6.45) is 1.27. The number of amides is 2. The van der Waals surface area contributed by atoms with Crippen LogP contribution in [-0.4, -0.2) is 41.6 Å². The van der Waals surface area contributed by atoms with Crippen LogP contribution in [0.4, 0.5) is 9.18 Å². The van der Waals surface area contributed by atoms with E-state index in [-0.39, 0.29) is 12.6 Å². The number of halogens is 2. The molecule has 0 radical (unpaired) electrons. The number of nitrogens with one attached hydrogen (secondary N) is 1. The molecule has 1 fully saturated rings. The molecule has 1 atom stereocenters. The minimum absolute atomic E-state index is 0.221. The summed E-state index contributed by atoms with van der Waals surface area (Å²) in [5.41, 5.74) is 0.260. The number of nitrogens with zero attached hydrogens (tertiary/aromatic N) is 1. The average Bonchev–Trinajstić information content (AvgIpc) is 2.52. The molecule has 1 aromatic carbocycles. The van der Waals surface area contributed by atoms with Gasteiger partial charge in [0.15, 0.2) is 0 Å². The Balaban J connectivity index is 1.98. The van der Waals surface area contributed by atoms with Crippen LogP contribution in [0.3, 0.4) is 0 Å².